The van der Waals surface area contributed by atoms with Crippen molar-refractivity contribution in [3.8, 4) is 17.3 Å². The minimum absolute atomic E-state index is 0.0130. The highest BCUT2D eigenvalue weighted by molar-refractivity contribution is 5.98. The molecule has 1 amide bonds. The first-order valence-electron chi connectivity index (χ1n) is 10.6. The van der Waals surface area contributed by atoms with Gasteiger partial charge in [-0.1, -0.05) is 0 Å². The quantitative estimate of drug-likeness (QED) is 0.484. The summed E-state index contributed by atoms with van der Waals surface area (Å²) in [5.74, 6) is -3.55. The molecule has 0 spiro atoms. The molecule has 0 saturated carbocycles. The summed E-state index contributed by atoms with van der Waals surface area (Å²) in [6.07, 6.45) is -2.19. The monoisotopic (exact) mass is 493 g/mol. The number of pyridine rings is 2. The molecule has 3 aromatic heterocycles. The summed E-state index contributed by atoms with van der Waals surface area (Å²) in [6.45, 7) is 1.04. The Kier molecular flexibility index (Phi) is 6.64. The van der Waals surface area contributed by atoms with E-state index in [0.717, 1.165) is 12.1 Å². The Hall–Kier alpha value is -3.70. The van der Waals surface area contributed by atoms with Crippen LogP contribution >= 0.6 is 0 Å². The maximum Gasteiger partial charge on any atom is 0.417 e. The highest BCUT2D eigenvalue weighted by atomic mass is 19.4. The van der Waals surface area contributed by atoms with Crippen molar-refractivity contribution >= 4 is 5.91 Å². The van der Waals surface area contributed by atoms with Gasteiger partial charge in [-0.15, -0.1) is 0 Å². The topological polar surface area (TPSA) is 81.1 Å². The Morgan fingerprint density at radius 1 is 1.14 bits per heavy atom. The van der Waals surface area contributed by atoms with Crippen molar-refractivity contribution in [2.75, 3.05) is 13.2 Å². The van der Waals surface area contributed by atoms with E-state index in [1.54, 1.807) is 25.1 Å². The number of hydrogen-bond donors (Lipinski definition) is 0. The van der Waals surface area contributed by atoms with Crippen LogP contribution in [0.15, 0.2) is 48.9 Å². The minimum atomic E-state index is -4.57. The molecule has 7 nitrogen and oxygen atoms in total. The van der Waals surface area contributed by atoms with Gasteiger partial charge in [0.2, 0.25) is 5.88 Å². The smallest absolute Gasteiger partial charge is 0.417 e. The SMILES string of the molecule is Cc1ccc(-c2ncccn2)c(C(=O)N2CCC(F)(F)C[C@H]2COc2ccc(C(F)(F)F)cn2)n1. The summed E-state index contributed by atoms with van der Waals surface area (Å²) in [4.78, 5) is 31.0. The lowest BCUT2D eigenvalue weighted by atomic mass is 9.97. The first-order valence-corrected chi connectivity index (χ1v) is 10.6. The van der Waals surface area contributed by atoms with E-state index < -0.39 is 42.5 Å². The van der Waals surface area contributed by atoms with Crippen molar-refractivity contribution in [3.05, 3.63) is 65.9 Å². The van der Waals surface area contributed by atoms with Crippen molar-refractivity contribution < 1.29 is 31.5 Å². The van der Waals surface area contributed by atoms with E-state index in [2.05, 4.69) is 19.9 Å². The molecule has 4 heterocycles. The molecule has 1 saturated heterocycles. The molecule has 0 radical (unpaired) electrons. The lowest BCUT2D eigenvalue weighted by Gasteiger charge is -2.39. The molecule has 184 valence electrons. The predicted molar refractivity (Wildman–Crippen MR) is 114 cm³/mol. The fourth-order valence-corrected chi connectivity index (χ4v) is 3.73. The van der Waals surface area contributed by atoms with Gasteiger partial charge in [-0.25, -0.2) is 28.7 Å². The number of amides is 1. The average Bonchev–Trinajstić information content (AvgIpc) is 2.82. The van der Waals surface area contributed by atoms with Crippen LogP contribution in [0.3, 0.4) is 0 Å². The molecular formula is C23H20F5N5O2. The van der Waals surface area contributed by atoms with Crippen LogP contribution in [0.25, 0.3) is 11.4 Å². The number of halogens is 5. The average molecular weight is 493 g/mol. The molecule has 3 aromatic rings. The Morgan fingerprint density at radius 2 is 1.89 bits per heavy atom. The number of aromatic nitrogens is 4. The molecule has 1 fully saturated rings. The first-order chi connectivity index (χ1) is 16.5. The molecule has 1 atom stereocenters. The van der Waals surface area contributed by atoms with Gasteiger partial charge in [-0.05, 0) is 31.2 Å². The Labute approximate surface area is 197 Å². The Balaban J connectivity index is 1.58. The number of nitrogens with zero attached hydrogens (tertiary/aromatic N) is 5. The number of carbonyl (C=O) groups is 1. The molecule has 4 rings (SSSR count). The van der Waals surface area contributed by atoms with Gasteiger partial charge in [0.05, 0.1) is 17.2 Å². The number of ether oxygens (including phenoxy) is 1. The summed E-state index contributed by atoms with van der Waals surface area (Å²) in [6, 6.07) is 5.65. The molecule has 35 heavy (non-hydrogen) atoms. The molecule has 1 aliphatic heterocycles. The Morgan fingerprint density at radius 3 is 2.54 bits per heavy atom. The summed E-state index contributed by atoms with van der Waals surface area (Å²) < 4.78 is 72.1. The lowest BCUT2D eigenvalue weighted by molar-refractivity contribution is -0.137. The third-order valence-corrected chi connectivity index (χ3v) is 5.49. The highest BCUT2D eigenvalue weighted by Crippen LogP contribution is 2.34. The lowest BCUT2D eigenvalue weighted by Crippen LogP contribution is -2.52. The van der Waals surface area contributed by atoms with E-state index in [1.165, 1.54) is 17.3 Å². The van der Waals surface area contributed by atoms with Crippen molar-refractivity contribution in [2.45, 2.75) is 37.9 Å². The van der Waals surface area contributed by atoms with Crippen LogP contribution in [0, 0.1) is 6.92 Å². The van der Waals surface area contributed by atoms with Crippen molar-refractivity contribution in [1.29, 1.82) is 0 Å². The predicted octanol–water partition coefficient (Wildman–Crippen LogP) is 4.58. The van der Waals surface area contributed by atoms with Gasteiger partial charge in [0, 0.05) is 49.7 Å². The van der Waals surface area contributed by atoms with Crippen LogP contribution in [0.1, 0.15) is 34.6 Å². The van der Waals surface area contributed by atoms with Crippen LogP contribution in [0.4, 0.5) is 22.0 Å². The van der Waals surface area contributed by atoms with E-state index in [-0.39, 0.29) is 30.5 Å². The summed E-state index contributed by atoms with van der Waals surface area (Å²) >= 11 is 0. The van der Waals surface area contributed by atoms with E-state index in [0.29, 0.717) is 17.5 Å². The second-order valence-electron chi connectivity index (χ2n) is 8.08. The third kappa shape index (κ3) is 5.69. The molecule has 1 aliphatic rings. The molecule has 0 aliphatic carbocycles. The second-order valence-corrected chi connectivity index (χ2v) is 8.08. The number of carbonyl (C=O) groups excluding carboxylic acids is 1. The molecule has 0 N–H and O–H groups in total. The normalized spacial score (nSPS) is 17.8. The fraction of sp³-hybridized carbons (Fsp3) is 0.348. The third-order valence-electron chi connectivity index (χ3n) is 5.49. The summed E-state index contributed by atoms with van der Waals surface area (Å²) in [5.41, 5.74) is -0.0640. The van der Waals surface area contributed by atoms with E-state index in [1.807, 2.05) is 0 Å². The molecule has 0 aromatic carbocycles. The van der Waals surface area contributed by atoms with E-state index in [9.17, 15) is 26.7 Å². The maximum atomic E-state index is 14.2. The van der Waals surface area contributed by atoms with Crippen molar-refractivity contribution in [3.63, 3.8) is 0 Å². The first kappa shape index (κ1) is 24.4. The largest absolute Gasteiger partial charge is 0.475 e. The second kappa shape index (κ2) is 9.51. The van der Waals surface area contributed by atoms with Crippen LogP contribution < -0.4 is 4.74 Å². The number of hydrogen-bond acceptors (Lipinski definition) is 6. The zero-order chi connectivity index (χ0) is 25.2. The maximum absolute atomic E-state index is 14.2. The number of likely N-dealkylation sites (tertiary alicyclic amines) is 1. The zero-order valence-electron chi connectivity index (χ0n) is 18.5. The van der Waals surface area contributed by atoms with Crippen LogP contribution in [-0.4, -0.2) is 55.9 Å². The zero-order valence-corrected chi connectivity index (χ0v) is 18.5. The number of aryl methyl sites for hydroxylation is 1. The van der Waals surface area contributed by atoms with E-state index >= 15 is 0 Å². The molecular weight excluding hydrogens is 473 g/mol. The molecule has 0 unspecified atom stereocenters. The van der Waals surface area contributed by atoms with Crippen molar-refractivity contribution in [1.82, 2.24) is 24.8 Å². The van der Waals surface area contributed by atoms with Gasteiger partial charge >= 0.3 is 6.18 Å². The summed E-state index contributed by atoms with van der Waals surface area (Å²) in [7, 11) is 0. The van der Waals surface area contributed by atoms with Gasteiger partial charge in [-0.3, -0.25) is 4.79 Å². The fourth-order valence-electron chi connectivity index (χ4n) is 3.73. The van der Waals surface area contributed by atoms with Crippen molar-refractivity contribution in [2.24, 2.45) is 0 Å². The van der Waals surface area contributed by atoms with Gasteiger partial charge in [0.25, 0.3) is 11.8 Å². The Bertz CT molecular complexity index is 1190. The van der Waals surface area contributed by atoms with Crippen LogP contribution in [-0.2, 0) is 6.18 Å². The number of rotatable bonds is 5. The molecule has 12 heteroatoms. The van der Waals surface area contributed by atoms with Gasteiger partial charge < -0.3 is 9.64 Å². The number of piperidine rings is 1. The van der Waals surface area contributed by atoms with Crippen LogP contribution in [0.2, 0.25) is 0 Å². The van der Waals surface area contributed by atoms with E-state index in [4.69, 9.17) is 4.74 Å². The van der Waals surface area contributed by atoms with Crippen LogP contribution in [0.5, 0.6) is 5.88 Å². The van der Waals surface area contributed by atoms with Gasteiger partial charge in [0.15, 0.2) is 5.82 Å². The standard InChI is InChI=1S/C23H20F5N5O2/c1-14-3-5-17(20-29-8-2-9-30-20)19(32-14)21(34)33-10-7-22(24,25)11-16(33)13-35-18-6-4-15(12-31-18)23(26,27)28/h2-6,8-9,12,16H,7,10-11,13H2,1H3/t16-/m0/s1. The number of alkyl halides is 5. The molecule has 0 bridgehead atoms. The minimum Gasteiger partial charge on any atom is -0.475 e. The van der Waals surface area contributed by atoms with Gasteiger partial charge in [-0.2, -0.15) is 13.2 Å². The highest BCUT2D eigenvalue weighted by Gasteiger charge is 2.43. The van der Waals surface area contributed by atoms with Gasteiger partial charge in [0.1, 0.15) is 12.3 Å². The summed E-state index contributed by atoms with van der Waals surface area (Å²) in [5, 5.41) is 0.